The first-order chi connectivity index (χ1) is 11.1. The molecule has 0 fully saturated rings. The van der Waals surface area contributed by atoms with Gasteiger partial charge in [-0.1, -0.05) is 35.0 Å². The van der Waals surface area contributed by atoms with Crippen molar-refractivity contribution in [1.82, 2.24) is 10.2 Å². The van der Waals surface area contributed by atoms with Gasteiger partial charge in [-0.15, -0.1) is 10.2 Å². The Hall–Kier alpha value is -1.82. The monoisotopic (exact) mass is 364 g/mol. The van der Waals surface area contributed by atoms with Crippen molar-refractivity contribution in [2.24, 2.45) is 0 Å². The van der Waals surface area contributed by atoms with Gasteiger partial charge in [0.05, 0.1) is 5.75 Å². The molecular weight excluding hydrogens is 355 g/mol. The highest BCUT2D eigenvalue weighted by Crippen LogP contribution is 2.25. The molecule has 2 aromatic carbocycles. The van der Waals surface area contributed by atoms with E-state index < -0.39 is 0 Å². The second-order valence-electron chi connectivity index (χ2n) is 4.60. The third kappa shape index (κ3) is 4.13. The van der Waals surface area contributed by atoms with E-state index in [4.69, 9.17) is 27.6 Å². The van der Waals surface area contributed by atoms with E-state index in [0.29, 0.717) is 26.7 Å². The summed E-state index contributed by atoms with van der Waals surface area (Å²) in [6.07, 6.45) is 0. The zero-order valence-electron chi connectivity index (χ0n) is 11.7. The van der Waals surface area contributed by atoms with Gasteiger partial charge in [-0.05, 0) is 48.5 Å². The number of rotatable bonds is 5. The molecule has 3 rings (SSSR count). The number of nitrogens with zero attached hydrogens (tertiary/aromatic N) is 2. The minimum Gasteiger partial charge on any atom is -0.411 e. The smallest absolute Gasteiger partial charge is 0.277 e. The number of hydrogen-bond acceptors (Lipinski definition) is 5. The Balaban J connectivity index is 1.64. The van der Waals surface area contributed by atoms with Crippen LogP contribution in [0.5, 0.6) is 0 Å². The number of aromatic nitrogens is 2. The topological polar surface area (TPSA) is 56.0 Å². The average molecular weight is 365 g/mol. The van der Waals surface area contributed by atoms with E-state index in [9.17, 15) is 4.79 Å². The number of thioether (sulfide) groups is 1. The molecule has 3 aromatic rings. The summed E-state index contributed by atoms with van der Waals surface area (Å²) in [4.78, 5) is 12.1. The van der Waals surface area contributed by atoms with Crippen molar-refractivity contribution >= 4 is 40.7 Å². The number of carbonyl (C=O) groups excluding carboxylic acids is 1. The Morgan fingerprint density at radius 2 is 1.57 bits per heavy atom. The summed E-state index contributed by atoms with van der Waals surface area (Å²) >= 11 is 12.8. The molecule has 0 aliphatic heterocycles. The van der Waals surface area contributed by atoms with Gasteiger partial charge in [-0.25, -0.2) is 0 Å². The summed E-state index contributed by atoms with van der Waals surface area (Å²) in [5, 5.41) is 9.48. The fourth-order valence-electron chi connectivity index (χ4n) is 1.82. The lowest BCUT2D eigenvalue weighted by Gasteiger charge is -1.99. The van der Waals surface area contributed by atoms with Crippen molar-refractivity contribution in [3.63, 3.8) is 0 Å². The molecule has 0 atom stereocenters. The van der Waals surface area contributed by atoms with Crippen LogP contribution in [0.25, 0.3) is 11.5 Å². The summed E-state index contributed by atoms with van der Waals surface area (Å²) in [6.45, 7) is 0. The molecule has 0 saturated carbocycles. The van der Waals surface area contributed by atoms with Crippen LogP contribution in [-0.2, 0) is 0 Å². The molecule has 0 bridgehead atoms. The highest BCUT2D eigenvalue weighted by Gasteiger charge is 2.12. The fourth-order valence-corrected chi connectivity index (χ4v) is 2.73. The minimum absolute atomic E-state index is 0.0297. The molecule has 0 aliphatic rings. The quantitative estimate of drug-likeness (QED) is 0.469. The highest BCUT2D eigenvalue weighted by molar-refractivity contribution is 7.99. The molecule has 23 heavy (non-hydrogen) atoms. The maximum atomic E-state index is 12.1. The molecular formula is C16H10Cl2N2O2S. The lowest BCUT2D eigenvalue weighted by molar-refractivity contribution is 0.102. The molecule has 1 heterocycles. The SMILES string of the molecule is O=C(CSc1nnc(-c2ccc(Cl)cc2)o1)c1ccc(Cl)cc1. The normalized spacial score (nSPS) is 10.7. The average Bonchev–Trinajstić information content (AvgIpc) is 3.03. The zero-order chi connectivity index (χ0) is 16.2. The molecule has 1 aromatic heterocycles. The van der Waals surface area contributed by atoms with Crippen LogP contribution in [-0.4, -0.2) is 21.7 Å². The Morgan fingerprint density at radius 3 is 2.22 bits per heavy atom. The van der Waals surface area contributed by atoms with E-state index >= 15 is 0 Å². The number of Topliss-reactive ketones (excluding diaryl/α,β-unsaturated/α-hetero) is 1. The molecule has 0 amide bonds. The molecule has 116 valence electrons. The van der Waals surface area contributed by atoms with Gasteiger partial charge in [0.15, 0.2) is 5.78 Å². The van der Waals surface area contributed by atoms with Crippen LogP contribution >= 0.6 is 35.0 Å². The molecule has 4 nitrogen and oxygen atoms in total. The first kappa shape index (κ1) is 16.1. The molecule has 0 N–H and O–H groups in total. The van der Waals surface area contributed by atoms with Crippen molar-refractivity contribution in [1.29, 1.82) is 0 Å². The van der Waals surface area contributed by atoms with Gasteiger partial charge in [0.25, 0.3) is 5.22 Å². The van der Waals surface area contributed by atoms with E-state index in [2.05, 4.69) is 10.2 Å². The second-order valence-corrected chi connectivity index (χ2v) is 6.40. The van der Waals surface area contributed by atoms with Crippen LogP contribution in [0.15, 0.2) is 58.2 Å². The van der Waals surface area contributed by atoms with Gasteiger partial charge in [0.1, 0.15) is 0 Å². The largest absolute Gasteiger partial charge is 0.411 e. The lowest BCUT2D eigenvalue weighted by Crippen LogP contribution is -2.01. The van der Waals surface area contributed by atoms with Gasteiger partial charge >= 0.3 is 0 Å². The number of ketones is 1. The predicted octanol–water partition coefficient (Wildman–Crippen LogP) is 5.02. The van der Waals surface area contributed by atoms with Crippen LogP contribution in [0.1, 0.15) is 10.4 Å². The van der Waals surface area contributed by atoms with Crippen molar-refractivity contribution < 1.29 is 9.21 Å². The van der Waals surface area contributed by atoms with E-state index in [1.807, 2.05) is 0 Å². The maximum Gasteiger partial charge on any atom is 0.277 e. The zero-order valence-corrected chi connectivity index (χ0v) is 14.0. The van der Waals surface area contributed by atoms with Crippen LogP contribution in [0, 0.1) is 0 Å². The summed E-state index contributed by atoms with van der Waals surface area (Å²) in [5.74, 6) is 0.574. The van der Waals surface area contributed by atoms with Crippen molar-refractivity contribution in [3.05, 3.63) is 64.1 Å². The third-order valence-corrected chi connectivity index (χ3v) is 4.31. The molecule has 7 heteroatoms. The highest BCUT2D eigenvalue weighted by atomic mass is 35.5. The first-order valence-electron chi connectivity index (χ1n) is 6.63. The van der Waals surface area contributed by atoms with Crippen LogP contribution < -0.4 is 0 Å². The Kier molecular flexibility index (Phi) is 5.00. The molecule has 0 radical (unpaired) electrons. The second kappa shape index (κ2) is 7.17. The summed E-state index contributed by atoms with van der Waals surface area (Å²) in [7, 11) is 0. The number of benzene rings is 2. The lowest BCUT2D eigenvalue weighted by atomic mass is 10.1. The number of hydrogen-bond donors (Lipinski definition) is 0. The fraction of sp³-hybridized carbons (Fsp3) is 0.0625. The predicted molar refractivity (Wildman–Crippen MR) is 91.3 cm³/mol. The number of halogens is 2. The van der Waals surface area contributed by atoms with E-state index in [0.717, 1.165) is 5.56 Å². The van der Waals surface area contributed by atoms with Crippen molar-refractivity contribution in [2.75, 3.05) is 5.75 Å². The van der Waals surface area contributed by atoms with Crippen molar-refractivity contribution in [3.8, 4) is 11.5 Å². The van der Waals surface area contributed by atoms with Crippen LogP contribution in [0.3, 0.4) is 0 Å². The standard InChI is InChI=1S/C16H10Cl2N2O2S/c17-12-5-1-10(2-6-12)14(21)9-23-16-20-19-15(22-16)11-3-7-13(18)8-4-11/h1-8H,9H2. The number of carbonyl (C=O) groups is 1. The Morgan fingerprint density at radius 1 is 0.957 bits per heavy atom. The molecule has 0 aliphatic carbocycles. The van der Waals surface area contributed by atoms with Crippen molar-refractivity contribution in [2.45, 2.75) is 5.22 Å². The molecule has 0 saturated heterocycles. The van der Waals surface area contributed by atoms with Crippen LogP contribution in [0.2, 0.25) is 10.0 Å². The maximum absolute atomic E-state index is 12.1. The van der Waals surface area contributed by atoms with E-state index in [1.54, 1.807) is 48.5 Å². The van der Waals surface area contributed by atoms with Gasteiger partial charge in [-0.3, -0.25) is 4.79 Å². The van der Waals surface area contributed by atoms with Gasteiger partial charge < -0.3 is 4.42 Å². The molecule has 0 unspecified atom stereocenters. The van der Waals surface area contributed by atoms with Gasteiger partial charge in [-0.2, -0.15) is 0 Å². The van der Waals surface area contributed by atoms with Gasteiger partial charge in [0, 0.05) is 21.2 Å². The summed E-state index contributed by atoms with van der Waals surface area (Å²) < 4.78 is 5.54. The summed E-state index contributed by atoms with van der Waals surface area (Å²) in [5.41, 5.74) is 1.37. The summed E-state index contributed by atoms with van der Waals surface area (Å²) in [6, 6.07) is 13.8. The minimum atomic E-state index is -0.0297. The first-order valence-corrected chi connectivity index (χ1v) is 8.37. The van der Waals surface area contributed by atoms with Gasteiger partial charge in [0.2, 0.25) is 5.89 Å². The molecule has 0 spiro atoms. The van der Waals surface area contributed by atoms with Crippen LogP contribution in [0.4, 0.5) is 0 Å². The Labute approximate surface area is 146 Å². The van der Waals surface area contributed by atoms with E-state index in [-0.39, 0.29) is 11.5 Å². The van der Waals surface area contributed by atoms with E-state index in [1.165, 1.54) is 11.8 Å². The third-order valence-electron chi connectivity index (χ3n) is 2.99. The Bertz CT molecular complexity index is 817.